The van der Waals surface area contributed by atoms with Gasteiger partial charge >= 0.3 is 10.8 Å². The van der Waals surface area contributed by atoms with Crippen molar-refractivity contribution in [2.24, 2.45) is 0 Å². The molecule has 7 nitrogen and oxygen atoms in total. The number of fused-ring (bicyclic) bond motifs is 1. The predicted molar refractivity (Wildman–Crippen MR) is 99.4 cm³/mol. The number of anilines is 1. The summed E-state index contributed by atoms with van der Waals surface area (Å²) in [6.07, 6.45) is 0.772. The van der Waals surface area contributed by atoms with Crippen molar-refractivity contribution in [2.75, 3.05) is 17.6 Å². The fraction of sp³-hybridized carbons (Fsp3) is 0.353. The number of H-pyrrole nitrogens is 1. The van der Waals surface area contributed by atoms with E-state index in [2.05, 4.69) is 20.3 Å². The molecule has 0 amide bonds. The zero-order valence-corrected chi connectivity index (χ0v) is 15.1. The summed E-state index contributed by atoms with van der Waals surface area (Å²) >= 11 is -1.29. The first kappa shape index (κ1) is 17.5. The number of nitrogens with one attached hydrogen (secondary N) is 2. The Balaban J connectivity index is 2.13. The van der Waals surface area contributed by atoms with E-state index in [-0.39, 0.29) is 10.8 Å². The first-order valence-electron chi connectivity index (χ1n) is 8.30. The molecular weight excluding hydrogens is 338 g/mol. The Labute approximate surface area is 148 Å². The van der Waals surface area contributed by atoms with E-state index in [9.17, 15) is 9.35 Å². The zero-order valence-electron chi connectivity index (χ0n) is 14.3. The molecule has 1 unspecified atom stereocenters. The van der Waals surface area contributed by atoms with Crippen LogP contribution in [0.5, 0.6) is 0 Å². The fourth-order valence-electron chi connectivity index (χ4n) is 2.60. The Kier molecular flexibility index (Phi) is 5.40. The van der Waals surface area contributed by atoms with Gasteiger partial charge in [0.25, 0.3) is 0 Å². The fourth-order valence-corrected chi connectivity index (χ4v) is 3.53. The Morgan fingerprint density at radius 3 is 2.68 bits per heavy atom. The SMILES string of the molecule is CCC[S+]([O-])c1nc(NCC)c2[nH]c(=O)n(Cc3ccccc3)c2n1. The third-order valence-electron chi connectivity index (χ3n) is 3.72. The van der Waals surface area contributed by atoms with Crippen LogP contribution in [0.1, 0.15) is 25.8 Å². The summed E-state index contributed by atoms with van der Waals surface area (Å²) in [6, 6.07) is 9.69. The van der Waals surface area contributed by atoms with Gasteiger partial charge in [0.15, 0.2) is 11.5 Å². The van der Waals surface area contributed by atoms with E-state index in [1.807, 2.05) is 44.2 Å². The standard InChI is InChI=1S/C17H21N5O2S/c1-3-10-25(24)16-20-14(18-4-2)13-15(21-16)22(17(23)19-13)11-12-8-6-5-7-9-12/h5-9H,3-4,10-11H2,1-2H3,(H,19,23)(H,18,20,21). The van der Waals surface area contributed by atoms with E-state index in [1.54, 1.807) is 4.57 Å². The number of nitrogens with zero attached hydrogens (tertiary/aromatic N) is 3. The number of hydrogen-bond donors (Lipinski definition) is 2. The molecule has 0 saturated heterocycles. The molecule has 25 heavy (non-hydrogen) atoms. The highest BCUT2D eigenvalue weighted by atomic mass is 32.2. The summed E-state index contributed by atoms with van der Waals surface area (Å²) in [7, 11) is 0. The average Bonchev–Trinajstić information content (AvgIpc) is 2.92. The summed E-state index contributed by atoms with van der Waals surface area (Å²) in [5.41, 5.74) is 1.75. The summed E-state index contributed by atoms with van der Waals surface area (Å²) in [5, 5.41) is 3.38. The number of hydrogen-bond acceptors (Lipinski definition) is 5. The molecule has 3 aromatic rings. The van der Waals surface area contributed by atoms with Gasteiger partial charge in [-0.1, -0.05) is 37.3 Å². The number of rotatable bonds is 7. The van der Waals surface area contributed by atoms with E-state index in [0.29, 0.717) is 35.8 Å². The quantitative estimate of drug-likeness (QED) is 0.497. The summed E-state index contributed by atoms with van der Waals surface area (Å²) < 4.78 is 13.9. The van der Waals surface area contributed by atoms with E-state index in [1.165, 1.54) is 0 Å². The van der Waals surface area contributed by atoms with Crippen molar-refractivity contribution in [1.82, 2.24) is 19.5 Å². The van der Waals surface area contributed by atoms with Gasteiger partial charge in [-0.3, -0.25) is 4.57 Å². The molecule has 8 heteroatoms. The Bertz CT molecular complexity index is 907. The molecule has 2 N–H and O–H groups in total. The van der Waals surface area contributed by atoms with Crippen LogP contribution in [0.4, 0.5) is 5.82 Å². The van der Waals surface area contributed by atoms with Gasteiger partial charge in [0.2, 0.25) is 0 Å². The largest absolute Gasteiger partial charge is 0.609 e. The molecule has 0 radical (unpaired) electrons. The Morgan fingerprint density at radius 1 is 1.24 bits per heavy atom. The van der Waals surface area contributed by atoms with Crippen LogP contribution in [0.15, 0.2) is 40.3 Å². The molecule has 0 spiro atoms. The van der Waals surface area contributed by atoms with Gasteiger partial charge in [-0.15, -0.1) is 0 Å². The van der Waals surface area contributed by atoms with Crippen molar-refractivity contribution >= 4 is 28.2 Å². The summed E-state index contributed by atoms with van der Waals surface area (Å²) in [6.45, 7) is 4.93. The van der Waals surface area contributed by atoms with Crippen LogP contribution >= 0.6 is 0 Å². The van der Waals surface area contributed by atoms with Crippen LogP contribution in [-0.4, -0.2) is 36.4 Å². The van der Waals surface area contributed by atoms with Crippen molar-refractivity contribution in [3.8, 4) is 0 Å². The topological polar surface area (TPSA) is 98.7 Å². The summed E-state index contributed by atoms with van der Waals surface area (Å²) in [5.74, 6) is 1.00. The van der Waals surface area contributed by atoms with Gasteiger partial charge in [-0.2, -0.15) is 9.97 Å². The maximum Gasteiger partial charge on any atom is 0.346 e. The molecule has 2 aromatic heterocycles. The van der Waals surface area contributed by atoms with Gasteiger partial charge < -0.3 is 14.9 Å². The third kappa shape index (κ3) is 3.69. The molecular formula is C17H21N5O2S. The second-order valence-corrected chi connectivity index (χ2v) is 7.10. The molecule has 2 heterocycles. The highest BCUT2D eigenvalue weighted by Gasteiger charge is 2.21. The van der Waals surface area contributed by atoms with Gasteiger partial charge in [-0.05, 0) is 18.9 Å². The lowest BCUT2D eigenvalue weighted by Crippen LogP contribution is -2.18. The van der Waals surface area contributed by atoms with Crippen molar-refractivity contribution in [1.29, 1.82) is 0 Å². The molecule has 0 fully saturated rings. The maximum atomic E-state index is 12.4. The Morgan fingerprint density at radius 2 is 2.00 bits per heavy atom. The van der Waals surface area contributed by atoms with Crippen LogP contribution in [0.2, 0.25) is 0 Å². The maximum absolute atomic E-state index is 12.4. The first-order valence-corrected chi connectivity index (χ1v) is 9.62. The lowest BCUT2D eigenvalue weighted by atomic mass is 10.2. The predicted octanol–water partition coefficient (Wildman–Crippen LogP) is 2.12. The van der Waals surface area contributed by atoms with Gasteiger partial charge in [-0.25, -0.2) is 4.79 Å². The van der Waals surface area contributed by atoms with Crippen LogP contribution in [-0.2, 0) is 17.7 Å². The van der Waals surface area contributed by atoms with Crippen LogP contribution in [0.25, 0.3) is 11.2 Å². The van der Waals surface area contributed by atoms with E-state index in [0.717, 1.165) is 12.0 Å². The minimum absolute atomic E-state index is 0.256. The molecule has 132 valence electrons. The van der Waals surface area contributed by atoms with Crippen LogP contribution in [0.3, 0.4) is 0 Å². The van der Waals surface area contributed by atoms with E-state index < -0.39 is 11.2 Å². The molecule has 0 bridgehead atoms. The van der Waals surface area contributed by atoms with Crippen molar-refractivity contribution in [2.45, 2.75) is 32.0 Å². The third-order valence-corrected chi connectivity index (χ3v) is 5.09. The Hall–Kier alpha value is -2.32. The number of benzene rings is 1. The van der Waals surface area contributed by atoms with Gasteiger partial charge in [0.1, 0.15) is 11.3 Å². The van der Waals surface area contributed by atoms with Crippen molar-refractivity contribution < 1.29 is 4.55 Å². The highest BCUT2D eigenvalue weighted by Crippen LogP contribution is 2.20. The second-order valence-electron chi connectivity index (χ2n) is 5.64. The lowest BCUT2D eigenvalue weighted by Gasteiger charge is -2.10. The van der Waals surface area contributed by atoms with Gasteiger partial charge in [0, 0.05) is 17.7 Å². The molecule has 1 atom stereocenters. The number of aromatic amines is 1. The zero-order chi connectivity index (χ0) is 17.8. The minimum atomic E-state index is -1.29. The smallest absolute Gasteiger partial charge is 0.346 e. The van der Waals surface area contributed by atoms with Crippen molar-refractivity contribution in [3.63, 3.8) is 0 Å². The molecule has 0 aliphatic heterocycles. The van der Waals surface area contributed by atoms with Crippen LogP contribution < -0.4 is 11.0 Å². The molecule has 0 saturated carbocycles. The lowest BCUT2D eigenvalue weighted by molar-refractivity contribution is 0.585. The number of imidazole rings is 1. The molecule has 0 aliphatic rings. The normalized spacial score (nSPS) is 12.4. The second kappa shape index (κ2) is 7.71. The molecule has 3 rings (SSSR count). The minimum Gasteiger partial charge on any atom is -0.609 e. The average molecular weight is 359 g/mol. The highest BCUT2D eigenvalue weighted by molar-refractivity contribution is 7.91. The summed E-state index contributed by atoms with van der Waals surface area (Å²) in [4.78, 5) is 24.1. The van der Waals surface area contributed by atoms with Gasteiger partial charge in [0.05, 0.1) is 6.54 Å². The van der Waals surface area contributed by atoms with E-state index in [4.69, 9.17) is 0 Å². The molecule has 0 aliphatic carbocycles. The molecule has 1 aromatic carbocycles. The van der Waals surface area contributed by atoms with Crippen LogP contribution in [0, 0.1) is 0 Å². The van der Waals surface area contributed by atoms with Crippen molar-refractivity contribution in [3.05, 3.63) is 46.4 Å². The monoisotopic (exact) mass is 359 g/mol. The first-order chi connectivity index (χ1) is 12.1. The van der Waals surface area contributed by atoms with E-state index >= 15 is 0 Å². The number of aromatic nitrogens is 4.